The molecule has 0 aliphatic heterocycles. The monoisotopic (exact) mass is 377 g/mol. The fourth-order valence-electron chi connectivity index (χ4n) is 2.61. The second-order valence-corrected chi connectivity index (χ2v) is 5.85. The van der Waals surface area contributed by atoms with Crippen LogP contribution >= 0.6 is 0 Å². The first kappa shape index (κ1) is 20.6. The number of rotatable bonds is 9. The summed E-state index contributed by atoms with van der Waals surface area (Å²) in [5, 5.41) is 2.92. The van der Waals surface area contributed by atoms with Gasteiger partial charge in [-0.1, -0.05) is 0 Å². The highest BCUT2D eigenvalue weighted by atomic mass is 19.1. The minimum absolute atomic E-state index is 0.0962. The molecule has 2 rings (SSSR count). The van der Waals surface area contributed by atoms with E-state index in [1.807, 2.05) is 6.92 Å². The Hall–Kier alpha value is -2.74. The molecule has 0 saturated carbocycles. The highest BCUT2D eigenvalue weighted by Crippen LogP contribution is 2.11. The number of carbonyl (C=O) groups excluding carboxylic acids is 1. The summed E-state index contributed by atoms with van der Waals surface area (Å²) in [7, 11) is 1.28. The summed E-state index contributed by atoms with van der Waals surface area (Å²) in [5.41, 5.74) is 1.35. The summed E-state index contributed by atoms with van der Waals surface area (Å²) < 4.78 is 24.4. The Morgan fingerprint density at radius 3 is 2.63 bits per heavy atom. The molecule has 27 heavy (non-hydrogen) atoms. The molecule has 0 bridgehead atoms. The van der Waals surface area contributed by atoms with E-state index in [0.717, 1.165) is 6.42 Å². The fourth-order valence-corrected chi connectivity index (χ4v) is 2.61. The van der Waals surface area contributed by atoms with E-state index in [9.17, 15) is 14.0 Å². The molecular formula is C19H24FN3O4. The predicted octanol–water partition coefficient (Wildman–Crippen LogP) is 2.26. The normalized spacial score (nSPS) is 11.6. The molecule has 0 amide bonds. The number of hydrogen-bond donors (Lipinski definition) is 1. The number of nitrogens with zero attached hydrogens (tertiary/aromatic N) is 2. The van der Waals surface area contributed by atoms with Crippen LogP contribution in [0.4, 0.5) is 4.39 Å². The minimum atomic E-state index is -0.479. The Morgan fingerprint density at radius 2 is 2.00 bits per heavy atom. The quantitative estimate of drug-likeness (QED) is 0.413. The van der Waals surface area contributed by atoms with Gasteiger partial charge in [0.1, 0.15) is 5.82 Å². The standard InChI is InChI=1S/C19H24FN3O4/c1-4-27-11-5-10-21-13(2)18-16(12-17(24)26-3)22-23(19(18)25)15-8-6-14(20)7-9-15/h6-9,22H,4-5,10-12H2,1-3H3. The summed E-state index contributed by atoms with van der Waals surface area (Å²) >= 11 is 0. The molecule has 1 aromatic carbocycles. The number of benzene rings is 1. The number of aromatic nitrogens is 2. The van der Waals surface area contributed by atoms with E-state index in [4.69, 9.17) is 9.47 Å². The van der Waals surface area contributed by atoms with Crippen LogP contribution in [-0.2, 0) is 20.7 Å². The van der Waals surface area contributed by atoms with Gasteiger partial charge in [-0.15, -0.1) is 0 Å². The van der Waals surface area contributed by atoms with Crippen LogP contribution in [0, 0.1) is 5.82 Å². The maximum Gasteiger partial charge on any atom is 0.311 e. The van der Waals surface area contributed by atoms with Crippen molar-refractivity contribution in [1.29, 1.82) is 0 Å². The lowest BCUT2D eigenvalue weighted by atomic mass is 10.1. The maximum absolute atomic E-state index is 13.2. The number of hydrogen-bond acceptors (Lipinski definition) is 5. The third-order valence-electron chi connectivity index (χ3n) is 3.96. The Morgan fingerprint density at radius 1 is 1.30 bits per heavy atom. The average Bonchev–Trinajstić information content (AvgIpc) is 2.98. The highest BCUT2D eigenvalue weighted by molar-refractivity contribution is 6.00. The number of carbonyl (C=O) groups is 1. The third kappa shape index (κ3) is 5.37. The van der Waals surface area contributed by atoms with Gasteiger partial charge in [0, 0.05) is 25.5 Å². The molecule has 0 radical (unpaired) electrons. The van der Waals surface area contributed by atoms with E-state index in [2.05, 4.69) is 10.1 Å². The first-order chi connectivity index (χ1) is 13.0. The summed E-state index contributed by atoms with van der Waals surface area (Å²) in [6.45, 7) is 5.39. The number of halogens is 1. The minimum Gasteiger partial charge on any atom is -0.469 e. The molecule has 146 valence electrons. The van der Waals surface area contributed by atoms with Crippen molar-refractivity contribution in [3.63, 3.8) is 0 Å². The molecule has 0 aliphatic carbocycles. The van der Waals surface area contributed by atoms with Gasteiger partial charge in [0.05, 0.1) is 30.5 Å². The lowest BCUT2D eigenvalue weighted by Crippen LogP contribution is -2.20. The summed E-state index contributed by atoms with van der Waals surface area (Å²) in [6, 6.07) is 5.48. The number of aromatic amines is 1. The number of nitrogens with one attached hydrogen (secondary N) is 1. The number of esters is 1. The molecule has 0 spiro atoms. The Bertz CT molecular complexity index is 853. The Kier molecular flexibility index (Phi) is 7.48. The molecule has 1 heterocycles. The Balaban J connectivity index is 2.38. The molecular weight excluding hydrogens is 353 g/mol. The lowest BCUT2D eigenvalue weighted by Gasteiger charge is -2.02. The number of aliphatic imine (C=N–C) groups is 1. The predicted molar refractivity (Wildman–Crippen MR) is 100 cm³/mol. The van der Waals surface area contributed by atoms with Crippen molar-refractivity contribution in [2.24, 2.45) is 4.99 Å². The smallest absolute Gasteiger partial charge is 0.311 e. The molecule has 8 heteroatoms. The third-order valence-corrected chi connectivity index (χ3v) is 3.96. The van der Waals surface area contributed by atoms with Gasteiger partial charge in [0.15, 0.2) is 0 Å². The molecule has 7 nitrogen and oxygen atoms in total. The second kappa shape index (κ2) is 9.82. The van der Waals surface area contributed by atoms with E-state index < -0.39 is 11.8 Å². The molecule has 0 fully saturated rings. The maximum atomic E-state index is 13.2. The van der Waals surface area contributed by atoms with Gasteiger partial charge in [-0.2, -0.15) is 0 Å². The van der Waals surface area contributed by atoms with Crippen LogP contribution in [0.15, 0.2) is 34.1 Å². The van der Waals surface area contributed by atoms with Gasteiger partial charge < -0.3 is 9.47 Å². The van der Waals surface area contributed by atoms with E-state index in [1.165, 1.54) is 36.1 Å². The van der Waals surface area contributed by atoms with Gasteiger partial charge >= 0.3 is 5.97 Å². The average molecular weight is 377 g/mol. The van der Waals surface area contributed by atoms with Crippen LogP contribution in [0.5, 0.6) is 0 Å². The van der Waals surface area contributed by atoms with Crippen molar-refractivity contribution in [1.82, 2.24) is 9.78 Å². The fraction of sp³-hybridized carbons (Fsp3) is 0.421. The number of H-pyrrole nitrogens is 1. The van der Waals surface area contributed by atoms with Crippen molar-refractivity contribution >= 4 is 11.7 Å². The van der Waals surface area contributed by atoms with E-state index >= 15 is 0 Å². The van der Waals surface area contributed by atoms with Crippen LogP contribution in [-0.4, -0.2) is 48.3 Å². The van der Waals surface area contributed by atoms with E-state index in [1.54, 1.807) is 6.92 Å². The van der Waals surface area contributed by atoms with Crippen LogP contribution < -0.4 is 5.56 Å². The molecule has 0 saturated heterocycles. The number of methoxy groups -OCH3 is 1. The van der Waals surface area contributed by atoms with E-state index in [0.29, 0.717) is 42.4 Å². The zero-order valence-corrected chi connectivity index (χ0v) is 15.8. The van der Waals surface area contributed by atoms with Gasteiger partial charge in [0.25, 0.3) is 5.56 Å². The SMILES string of the molecule is CCOCCCN=C(C)c1c(CC(=O)OC)[nH]n(-c2ccc(F)cc2)c1=O. The highest BCUT2D eigenvalue weighted by Gasteiger charge is 2.20. The zero-order chi connectivity index (χ0) is 19.8. The van der Waals surface area contributed by atoms with Crippen LogP contribution in [0.2, 0.25) is 0 Å². The van der Waals surface area contributed by atoms with Crippen LogP contribution in [0.3, 0.4) is 0 Å². The number of ether oxygens (including phenoxy) is 2. The van der Waals surface area contributed by atoms with Crippen LogP contribution in [0.25, 0.3) is 5.69 Å². The zero-order valence-electron chi connectivity index (χ0n) is 15.8. The first-order valence-corrected chi connectivity index (χ1v) is 8.73. The molecule has 0 atom stereocenters. The van der Waals surface area contributed by atoms with E-state index in [-0.39, 0.29) is 12.0 Å². The first-order valence-electron chi connectivity index (χ1n) is 8.73. The van der Waals surface area contributed by atoms with Crippen molar-refractivity contribution in [3.8, 4) is 5.69 Å². The second-order valence-electron chi connectivity index (χ2n) is 5.85. The van der Waals surface area contributed by atoms with Gasteiger partial charge in [-0.05, 0) is 44.5 Å². The molecule has 0 aliphatic rings. The Labute approximate surface area is 156 Å². The van der Waals surface area contributed by atoms with Crippen LogP contribution in [0.1, 0.15) is 31.5 Å². The van der Waals surface area contributed by atoms with Crippen molar-refractivity contribution in [2.45, 2.75) is 26.7 Å². The molecule has 1 N–H and O–H groups in total. The van der Waals surface area contributed by atoms with Crippen molar-refractivity contribution in [3.05, 3.63) is 51.7 Å². The van der Waals surface area contributed by atoms with Gasteiger partial charge in [-0.3, -0.25) is 19.7 Å². The summed E-state index contributed by atoms with van der Waals surface area (Å²) in [5.74, 6) is -0.881. The molecule has 1 aromatic heterocycles. The topological polar surface area (TPSA) is 85.7 Å². The largest absolute Gasteiger partial charge is 0.469 e. The molecule has 0 unspecified atom stereocenters. The van der Waals surface area contributed by atoms with Gasteiger partial charge in [-0.25, -0.2) is 9.07 Å². The van der Waals surface area contributed by atoms with Crippen molar-refractivity contribution in [2.75, 3.05) is 26.9 Å². The van der Waals surface area contributed by atoms with Gasteiger partial charge in [0.2, 0.25) is 0 Å². The lowest BCUT2D eigenvalue weighted by molar-refractivity contribution is -0.139. The van der Waals surface area contributed by atoms with Crippen molar-refractivity contribution < 1.29 is 18.7 Å². The summed E-state index contributed by atoms with van der Waals surface area (Å²) in [6.07, 6.45) is 0.634. The molecule has 2 aromatic rings. The summed E-state index contributed by atoms with van der Waals surface area (Å²) in [4.78, 5) is 29.1.